The van der Waals surface area contributed by atoms with Crippen molar-refractivity contribution in [2.75, 3.05) is 12.3 Å². The molecule has 1 amide bonds. The summed E-state index contributed by atoms with van der Waals surface area (Å²) >= 11 is 1.59. The van der Waals surface area contributed by atoms with Crippen LogP contribution in [0.1, 0.15) is 43.6 Å². The van der Waals surface area contributed by atoms with Gasteiger partial charge in [-0.2, -0.15) is 0 Å². The van der Waals surface area contributed by atoms with Crippen LogP contribution >= 0.6 is 11.8 Å². The van der Waals surface area contributed by atoms with Crippen LogP contribution in [0.3, 0.4) is 0 Å². The average Bonchev–Trinajstić information content (AvgIpc) is 2.88. The predicted octanol–water partition coefficient (Wildman–Crippen LogP) is 4.76. The number of fused-ring (bicyclic) bond motifs is 1. The zero-order valence-electron chi connectivity index (χ0n) is 17.0. The van der Waals surface area contributed by atoms with Crippen LogP contribution in [0.4, 0.5) is 4.79 Å². The number of amides is 1. The number of carbonyl (C=O) groups is 1. The lowest BCUT2D eigenvalue weighted by Crippen LogP contribution is -2.33. The third-order valence-electron chi connectivity index (χ3n) is 4.46. The molecule has 5 nitrogen and oxygen atoms in total. The third kappa shape index (κ3) is 6.00. The van der Waals surface area contributed by atoms with E-state index in [4.69, 9.17) is 4.74 Å². The lowest BCUT2D eigenvalue weighted by atomic mass is 10.0. The van der Waals surface area contributed by atoms with Crippen molar-refractivity contribution < 1.29 is 17.9 Å². The molecule has 1 unspecified atom stereocenters. The monoisotopic (exact) mass is 433 g/mol. The molecule has 0 aliphatic carbocycles. The molecule has 1 aliphatic rings. The molecule has 0 bridgehead atoms. The molecule has 0 radical (unpaired) electrons. The molecule has 1 atom stereocenters. The van der Waals surface area contributed by atoms with E-state index in [9.17, 15) is 13.2 Å². The Balaban J connectivity index is 1.63. The van der Waals surface area contributed by atoms with Gasteiger partial charge in [0.1, 0.15) is 5.60 Å². The van der Waals surface area contributed by atoms with Crippen LogP contribution in [0.5, 0.6) is 0 Å². The molecule has 0 fully saturated rings. The number of nitrogens with one attached hydrogen (secondary N) is 1. The molecule has 2 aromatic carbocycles. The first-order chi connectivity index (χ1) is 13.6. The van der Waals surface area contributed by atoms with Crippen molar-refractivity contribution in [3.8, 4) is 0 Å². The molecular formula is C22H27NO4S2. The minimum absolute atomic E-state index is 0.0998. The molecule has 1 N–H and O–H groups in total. The van der Waals surface area contributed by atoms with Gasteiger partial charge in [0.2, 0.25) is 0 Å². The van der Waals surface area contributed by atoms with Crippen LogP contribution in [0.2, 0.25) is 0 Å². The van der Waals surface area contributed by atoms with Crippen LogP contribution < -0.4 is 5.32 Å². The van der Waals surface area contributed by atoms with Gasteiger partial charge >= 0.3 is 6.09 Å². The fourth-order valence-corrected chi connectivity index (χ4v) is 6.67. The van der Waals surface area contributed by atoms with Gasteiger partial charge in [-0.1, -0.05) is 30.3 Å². The fourth-order valence-electron chi connectivity index (χ4n) is 3.23. The second kappa shape index (κ2) is 8.79. The van der Waals surface area contributed by atoms with Crippen LogP contribution in [-0.2, 0) is 21.0 Å². The number of hydrogen-bond donors (Lipinski definition) is 1. The number of benzene rings is 2. The Hall–Kier alpha value is -1.99. The van der Waals surface area contributed by atoms with E-state index in [1.165, 1.54) is 0 Å². The Morgan fingerprint density at radius 2 is 1.90 bits per heavy atom. The Kier molecular flexibility index (Phi) is 6.58. The van der Waals surface area contributed by atoms with Gasteiger partial charge < -0.3 is 10.1 Å². The van der Waals surface area contributed by atoms with E-state index >= 15 is 0 Å². The van der Waals surface area contributed by atoms with E-state index < -0.39 is 21.5 Å². The summed E-state index contributed by atoms with van der Waals surface area (Å²) in [6.45, 7) is 5.99. The SMILES string of the molecule is CC(C)(C)OC(=O)NCCCc1ccc2c(c1)C(Sc1ccccc1)CS2(=O)=O. The first-order valence-electron chi connectivity index (χ1n) is 9.68. The molecule has 0 spiro atoms. The molecule has 0 aromatic heterocycles. The largest absolute Gasteiger partial charge is 0.444 e. The van der Waals surface area contributed by atoms with Gasteiger partial charge in [0.15, 0.2) is 9.84 Å². The van der Waals surface area contributed by atoms with E-state index in [2.05, 4.69) is 5.32 Å². The van der Waals surface area contributed by atoms with E-state index in [0.29, 0.717) is 11.4 Å². The van der Waals surface area contributed by atoms with E-state index in [1.807, 2.05) is 63.2 Å². The zero-order valence-corrected chi connectivity index (χ0v) is 18.6. The molecule has 29 heavy (non-hydrogen) atoms. The van der Waals surface area contributed by atoms with Crippen LogP contribution in [0, 0.1) is 0 Å². The van der Waals surface area contributed by atoms with Gasteiger partial charge in [-0.05, 0) is 62.9 Å². The highest BCUT2D eigenvalue weighted by molar-refractivity contribution is 8.01. The van der Waals surface area contributed by atoms with Crippen molar-refractivity contribution in [2.24, 2.45) is 0 Å². The summed E-state index contributed by atoms with van der Waals surface area (Å²) in [6, 6.07) is 15.5. The number of ether oxygens (including phenoxy) is 1. The minimum Gasteiger partial charge on any atom is -0.444 e. The highest BCUT2D eigenvalue weighted by Crippen LogP contribution is 2.45. The van der Waals surface area contributed by atoms with Gasteiger partial charge in [-0.15, -0.1) is 11.8 Å². The summed E-state index contributed by atoms with van der Waals surface area (Å²) in [5.41, 5.74) is 1.45. The number of alkyl carbamates (subject to hydrolysis) is 1. The van der Waals surface area contributed by atoms with Crippen molar-refractivity contribution >= 4 is 27.7 Å². The number of aryl methyl sites for hydroxylation is 1. The second-order valence-corrected chi connectivity index (χ2v) is 11.4. The van der Waals surface area contributed by atoms with Crippen molar-refractivity contribution in [2.45, 2.75) is 54.3 Å². The molecule has 1 aliphatic heterocycles. The van der Waals surface area contributed by atoms with Crippen LogP contribution in [-0.4, -0.2) is 32.4 Å². The number of sulfone groups is 1. The number of carbonyl (C=O) groups excluding carboxylic acids is 1. The van der Waals surface area contributed by atoms with E-state index in [-0.39, 0.29) is 11.0 Å². The first-order valence-corrected chi connectivity index (χ1v) is 12.2. The van der Waals surface area contributed by atoms with E-state index in [1.54, 1.807) is 17.8 Å². The van der Waals surface area contributed by atoms with Crippen LogP contribution in [0.25, 0.3) is 0 Å². The Morgan fingerprint density at radius 3 is 2.59 bits per heavy atom. The first kappa shape index (κ1) is 21.7. The lowest BCUT2D eigenvalue weighted by molar-refractivity contribution is 0.0527. The average molecular weight is 434 g/mol. The van der Waals surface area contributed by atoms with Crippen molar-refractivity contribution in [3.63, 3.8) is 0 Å². The summed E-state index contributed by atoms with van der Waals surface area (Å²) in [4.78, 5) is 13.2. The highest BCUT2D eigenvalue weighted by Gasteiger charge is 2.35. The lowest BCUT2D eigenvalue weighted by Gasteiger charge is -2.19. The molecule has 7 heteroatoms. The number of rotatable bonds is 6. The molecule has 1 heterocycles. The summed E-state index contributed by atoms with van der Waals surface area (Å²) in [6.07, 6.45) is 1.09. The van der Waals surface area contributed by atoms with E-state index in [0.717, 1.165) is 28.9 Å². The smallest absolute Gasteiger partial charge is 0.407 e. The summed E-state index contributed by atoms with van der Waals surface area (Å²) in [7, 11) is -3.24. The van der Waals surface area contributed by atoms with Gasteiger partial charge in [-0.3, -0.25) is 0 Å². The second-order valence-electron chi connectivity index (χ2n) is 8.11. The summed E-state index contributed by atoms with van der Waals surface area (Å²) < 4.78 is 30.3. The topological polar surface area (TPSA) is 72.5 Å². The molecule has 0 saturated heterocycles. The quantitative estimate of drug-likeness (QED) is 0.665. The summed E-state index contributed by atoms with van der Waals surface area (Å²) in [5.74, 6) is 0.131. The Bertz CT molecular complexity index is 966. The van der Waals surface area contributed by atoms with Gasteiger partial charge in [0, 0.05) is 11.4 Å². The zero-order chi connectivity index (χ0) is 21.1. The van der Waals surface area contributed by atoms with Gasteiger partial charge in [0.05, 0.1) is 15.9 Å². The normalized spacial score (nSPS) is 17.6. The van der Waals surface area contributed by atoms with Crippen LogP contribution in [0.15, 0.2) is 58.3 Å². The number of thioether (sulfide) groups is 1. The Labute approximate surface area is 177 Å². The number of hydrogen-bond acceptors (Lipinski definition) is 5. The predicted molar refractivity (Wildman–Crippen MR) is 116 cm³/mol. The highest BCUT2D eigenvalue weighted by atomic mass is 32.2. The molecular weight excluding hydrogens is 406 g/mol. The summed E-state index contributed by atoms with van der Waals surface area (Å²) in [5, 5.41) is 2.66. The Morgan fingerprint density at radius 1 is 1.17 bits per heavy atom. The minimum atomic E-state index is -3.24. The molecule has 156 valence electrons. The van der Waals surface area contributed by atoms with Gasteiger partial charge in [-0.25, -0.2) is 13.2 Å². The van der Waals surface area contributed by atoms with Crippen molar-refractivity contribution in [1.82, 2.24) is 5.32 Å². The third-order valence-corrected chi connectivity index (χ3v) is 7.73. The van der Waals surface area contributed by atoms with Gasteiger partial charge in [0.25, 0.3) is 0 Å². The van der Waals surface area contributed by atoms with Crippen molar-refractivity contribution in [3.05, 3.63) is 59.7 Å². The standard InChI is InChI=1S/C22H27NO4S2/c1-22(2,3)27-21(24)23-13-7-8-16-11-12-20-18(14-16)19(15-29(20,25)26)28-17-9-5-4-6-10-17/h4-6,9-12,14,19H,7-8,13,15H2,1-3H3,(H,23,24). The fraction of sp³-hybridized carbons (Fsp3) is 0.409. The molecule has 0 saturated carbocycles. The maximum atomic E-state index is 12.5. The molecule has 3 rings (SSSR count). The van der Waals surface area contributed by atoms with Crippen molar-refractivity contribution in [1.29, 1.82) is 0 Å². The molecule has 2 aromatic rings. The maximum absolute atomic E-state index is 12.5. The maximum Gasteiger partial charge on any atom is 0.407 e.